The molecule has 0 saturated heterocycles. The minimum atomic E-state index is -1.29. The number of hydrogen-bond acceptors (Lipinski definition) is 7. The van der Waals surface area contributed by atoms with Crippen molar-refractivity contribution in [2.45, 2.75) is 6.42 Å². The molecule has 2 heterocycles. The third-order valence-electron chi connectivity index (χ3n) is 6.25. The molecule has 9 nitrogen and oxygen atoms in total. The number of nitrogens with two attached hydrogens (primary N) is 2. The normalized spacial score (nSPS) is 11.1. The molecule has 39 heavy (non-hydrogen) atoms. The number of anilines is 3. The van der Waals surface area contributed by atoms with E-state index in [1.165, 1.54) is 18.8 Å². The van der Waals surface area contributed by atoms with Crippen molar-refractivity contribution < 1.29 is 22.7 Å². The number of nitrogens with zero attached hydrogens (tertiary/aromatic N) is 5. The van der Waals surface area contributed by atoms with Crippen LogP contribution in [0.15, 0.2) is 60.7 Å². The lowest BCUT2D eigenvalue weighted by Crippen LogP contribution is -2.28. The van der Waals surface area contributed by atoms with Gasteiger partial charge in [-0.2, -0.15) is 19.7 Å². The quantitative estimate of drug-likeness (QED) is 0.309. The van der Waals surface area contributed by atoms with Crippen LogP contribution in [0, 0.1) is 17.5 Å². The summed E-state index contributed by atoms with van der Waals surface area (Å²) in [6.45, 7) is 0. The third kappa shape index (κ3) is 4.56. The number of carbonyl (C=O) groups is 1. The minimum Gasteiger partial charge on any atom is -0.452 e. The van der Waals surface area contributed by atoms with Gasteiger partial charge in [0.2, 0.25) is 0 Å². The molecule has 2 aromatic heterocycles. The molecule has 0 radical (unpaired) electrons. The Hall–Kier alpha value is -5.13. The number of nitrogen functional groups attached to an aromatic ring is 2. The molecule has 0 spiro atoms. The average Bonchev–Trinajstić information content (AvgIpc) is 3.30. The number of carbonyl (C=O) groups excluding carboxylic acids is 1. The van der Waals surface area contributed by atoms with E-state index in [4.69, 9.17) is 16.2 Å². The SMILES string of the molecule is COC(=O)N(C)c1c(N)nc(-n2nc(Cc3c(F)ccc(F)c3F)c3cc(-c4ccccc4)ccc32)nc1N. The largest absolute Gasteiger partial charge is 0.452 e. The zero-order valence-corrected chi connectivity index (χ0v) is 20.8. The first kappa shape index (κ1) is 25.5. The number of ether oxygens (including phenoxy) is 1. The van der Waals surface area contributed by atoms with Crippen molar-refractivity contribution in [3.8, 4) is 17.1 Å². The Morgan fingerprint density at radius 2 is 1.62 bits per heavy atom. The minimum absolute atomic E-state index is 0.0394. The van der Waals surface area contributed by atoms with Gasteiger partial charge in [-0.25, -0.2) is 18.0 Å². The van der Waals surface area contributed by atoms with E-state index in [2.05, 4.69) is 15.1 Å². The highest BCUT2D eigenvalue weighted by Crippen LogP contribution is 2.32. The van der Waals surface area contributed by atoms with Crippen molar-refractivity contribution >= 4 is 34.3 Å². The monoisotopic (exact) mass is 533 g/mol. The summed E-state index contributed by atoms with van der Waals surface area (Å²) in [5.74, 6) is -3.67. The zero-order valence-electron chi connectivity index (χ0n) is 20.8. The van der Waals surface area contributed by atoms with Gasteiger partial charge in [0, 0.05) is 24.4 Å². The van der Waals surface area contributed by atoms with Gasteiger partial charge in [0.25, 0.3) is 5.95 Å². The van der Waals surface area contributed by atoms with Crippen LogP contribution in [0.25, 0.3) is 28.0 Å². The lowest BCUT2D eigenvalue weighted by atomic mass is 10.0. The van der Waals surface area contributed by atoms with Crippen molar-refractivity contribution in [3.63, 3.8) is 0 Å². The summed E-state index contributed by atoms with van der Waals surface area (Å²) in [6, 6.07) is 16.5. The second-order valence-corrected chi connectivity index (χ2v) is 8.63. The molecule has 0 fully saturated rings. The van der Waals surface area contributed by atoms with Crippen LogP contribution >= 0.6 is 0 Å². The zero-order chi connectivity index (χ0) is 27.8. The van der Waals surface area contributed by atoms with E-state index in [-0.39, 0.29) is 35.4 Å². The van der Waals surface area contributed by atoms with Gasteiger partial charge in [0.1, 0.15) is 11.5 Å². The molecule has 0 aliphatic heterocycles. The first-order valence-corrected chi connectivity index (χ1v) is 11.6. The smallest absolute Gasteiger partial charge is 0.413 e. The van der Waals surface area contributed by atoms with Gasteiger partial charge in [-0.3, -0.25) is 4.90 Å². The van der Waals surface area contributed by atoms with Gasteiger partial charge in [-0.1, -0.05) is 36.4 Å². The lowest BCUT2D eigenvalue weighted by Gasteiger charge is -2.18. The fraction of sp³-hybridized carbons (Fsp3) is 0.111. The molecule has 5 aromatic rings. The Labute approximate surface area is 220 Å². The van der Waals surface area contributed by atoms with E-state index in [9.17, 15) is 18.0 Å². The summed E-state index contributed by atoms with van der Waals surface area (Å²) in [6.07, 6.45) is -1.09. The summed E-state index contributed by atoms with van der Waals surface area (Å²) in [4.78, 5) is 21.6. The van der Waals surface area contributed by atoms with Crippen LogP contribution in [0.5, 0.6) is 0 Å². The van der Waals surface area contributed by atoms with Crippen molar-refractivity contribution in [2.75, 3.05) is 30.5 Å². The highest BCUT2D eigenvalue weighted by atomic mass is 19.2. The van der Waals surface area contributed by atoms with Crippen LogP contribution < -0.4 is 16.4 Å². The summed E-state index contributed by atoms with van der Waals surface area (Å²) in [5, 5.41) is 5.05. The number of benzene rings is 3. The first-order valence-electron chi connectivity index (χ1n) is 11.6. The summed E-state index contributed by atoms with van der Waals surface area (Å²) in [7, 11) is 2.59. The van der Waals surface area contributed by atoms with Crippen LogP contribution in [0.2, 0.25) is 0 Å². The summed E-state index contributed by atoms with van der Waals surface area (Å²) >= 11 is 0. The molecule has 0 saturated carbocycles. The average molecular weight is 534 g/mol. The molecule has 4 N–H and O–H groups in total. The predicted octanol–water partition coefficient (Wildman–Crippen LogP) is 4.86. The highest BCUT2D eigenvalue weighted by molar-refractivity contribution is 5.94. The maximum Gasteiger partial charge on any atom is 0.413 e. The second-order valence-electron chi connectivity index (χ2n) is 8.63. The molecule has 3 aromatic carbocycles. The molecule has 12 heteroatoms. The molecular weight excluding hydrogens is 511 g/mol. The Morgan fingerprint density at radius 3 is 2.28 bits per heavy atom. The van der Waals surface area contributed by atoms with Gasteiger partial charge >= 0.3 is 6.09 Å². The van der Waals surface area contributed by atoms with E-state index >= 15 is 0 Å². The number of aromatic nitrogens is 4. The van der Waals surface area contributed by atoms with Crippen molar-refractivity contribution in [1.29, 1.82) is 0 Å². The highest BCUT2D eigenvalue weighted by Gasteiger charge is 2.24. The van der Waals surface area contributed by atoms with E-state index in [1.807, 2.05) is 42.5 Å². The Morgan fingerprint density at radius 1 is 0.949 bits per heavy atom. The van der Waals surface area contributed by atoms with Crippen LogP contribution in [0.1, 0.15) is 11.3 Å². The molecule has 0 aliphatic rings. The molecule has 0 bridgehead atoms. The Balaban J connectivity index is 1.70. The maximum atomic E-state index is 14.6. The number of halogens is 3. The van der Waals surface area contributed by atoms with Crippen LogP contribution in [-0.4, -0.2) is 40.0 Å². The van der Waals surface area contributed by atoms with Crippen LogP contribution in [0.4, 0.5) is 35.3 Å². The molecule has 5 rings (SSSR count). The Kier molecular flexibility index (Phi) is 6.52. The second kappa shape index (κ2) is 9.97. The van der Waals surface area contributed by atoms with E-state index in [1.54, 1.807) is 6.07 Å². The van der Waals surface area contributed by atoms with Crippen LogP contribution in [-0.2, 0) is 11.2 Å². The topological polar surface area (TPSA) is 125 Å². The number of hydrogen-bond donors (Lipinski definition) is 2. The number of amides is 1. The van der Waals surface area contributed by atoms with Crippen molar-refractivity contribution in [1.82, 2.24) is 19.7 Å². The standard InChI is InChI=1S/C27H22F3N7O2/c1-36(27(38)39-2)23-24(31)33-26(34-25(23)32)37-21-11-8-15(14-6-4-3-5-7-14)12-17(21)20(35-37)13-16-18(28)9-10-19(29)22(16)30/h3-12H,13H2,1-2H3,(H4,31,32,33,34). The fourth-order valence-corrected chi connectivity index (χ4v) is 4.32. The summed E-state index contributed by atoms with van der Waals surface area (Å²) < 4.78 is 49.1. The molecule has 0 atom stereocenters. The fourth-order valence-electron chi connectivity index (χ4n) is 4.32. The first-order chi connectivity index (χ1) is 18.7. The molecule has 0 unspecified atom stereocenters. The number of methoxy groups -OCH3 is 1. The van der Waals surface area contributed by atoms with Gasteiger partial charge in [-0.05, 0) is 35.4 Å². The molecular formula is C27H22F3N7O2. The van der Waals surface area contributed by atoms with Crippen molar-refractivity contribution in [3.05, 3.63) is 89.4 Å². The number of rotatable bonds is 5. The number of fused-ring (bicyclic) bond motifs is 1. The third-order valence-corrected chi connectivity index (χ3v) is 6.25. The van der Waals surface area contributed by atoms with E-state index in [0.29, 0.717) is 10.9 Å². The lowest BCUT2D eigenvalue weighted by molar-refractivity contribution is 0.180. The van der Waals surface area contributed by atoms with E-state index < -0.39 is 29.1 Å². The molecule has 1 amide bonds. The van der Waals surface area contributed by atoms with Gasteiger partial charge < -0.3 is 16.2 Å². The Bertz CT molecular complexity index is 1700. The van der Waals surface area contributed by atoms with E-state index in [0.717, 1.165) is 28.2 Å². The maximum absolute atomic E-state index is 14.6. The van der Waals surface area contributed by atoms with Crippen molar-refractivity contribution in [2.24, 2.45) is 0 Å². The molecule has 198 valence electrons. The predicted molar refractivity (Wildman–Crippen MR) is 141 cm³/mol. The molecule has 0 aliphatic carbocycles. The van der Waals surface area contributed by atoms with Crippen LogP contribution in [0.3, 0.4) is 0 Å². The van der Waals surface area contributed by atoms with Gasteiger partial charge in [-0.15, -0.1) is 0 Å². The van der Waals surface area contributed by atoms with Gasteiger partial charge in [0.15, 0.2) is 23.3 Å². The van der Waals surface area contributed by atoms with Gasteiger partial charge in [0.05, 0.1) is 18.3 Å². The summed E-state index contributed by atoms with van der Waals surface area (Å²) in [5.41, 5.74) is 14.3.